The Labute approximate surface area is 195 Å². The molecule has 0 spiro atoms. The van der Waals surface area contributed by atoms with Crippen molar-refractivity contribution < 1.29 is 59.5 Å². The van der Waals surface area contributed by atoms with Crippen LogP contribution >= 0.6 is 0 Å². The molecule has 8 N–H and O–H groups in total. The number of fused-ring (bicyclic) bond motifs is 1. The minimum Gasteiger partial charge on any atom is -0.504 e. The zero-order valence-electron chi connectivity index (χ0n) is 18.0. The van der Waals surface area contributed by atoms with E-state index >= 15 is 0 Å². The van der Waals surface area contributed by atoms with Gasteiger partial charge in [0.2, 0.25) is 23.2 Å². The number of rotatable bonds is 5. The maximum Gasteiger partial charge on any atom is 0.238 e. The Bertz CT molecular complexity index is 1320. The normalized spacial score (nSPS) is 24.4. The van der Waals surface area contributed by atoms with E-state index in [0.29, 0.717) is 0 Å². The van der Waals surface area contributed by atoms with Gasteiger partial charge in [0.1, 0.15) is 35.4 Å². The first-order valence-electron chi connectivity index (χ1n) is 10.2. The van der Waals surface area contributed by atoms with Crippen LogP contribution in [-0.2, 0) is 4.74 Å². The molecule has 0 radical (unpaired) electrons. The molecule has 1 saturated heterocycles. The molecule has 1 aliphatic rings. The molecule has 1 aliphatic heterocycles. The molecule has 0 amide bonds. The maximum atomic E-state index is 12.6. The molecule has 2 aromatic carbocycles. The molecule has 35 heavy (non-hydrogen) atoms. The standard InChI is InChI=1S/C22H22O13/c1-32-11-5-10-13(16(27)14(11)25)17(28)19(30)21(33-10)7-2-3-9(8(24)4-7)34-22-20(31)18(29)15(26)12(6-23)35-22/h2-5,12,15,18,20,22-27,29-31H,6H2,1H3. The molecule has 0 bridgehead atoms. The Morgan fingerprint density at radius 1 is 0.914 bits per heavy atom. The van der Waals surface area contributed by atoms with E-state index in [1.54, 1.807) is 0 Å². The summed E-state index contributed by atoms with van der Waals surface area (Å²) in [5.41, 5.74) is -1.28. The molecule has 188 valence electrons. The molecule has 5 unspecified atom stereocenters. The quantitative estimate of drug-likeness (QED) is 0.209. The van der Waals surface area contributed by atoms with Crippen LogP contribution < -0.4 is 14.9 Å². The van der Waals surface area contributed by atoms with Crippen molar-refractivity contribution in [2.24, 2.45) is 0 Å². The molecule has 0 saturated carbocycles. The van der Waals surface area contributed by atoms with Gasteiger partial charge in [0.15, 0.2) is 28.8 Å². The summed E-state index contributed by atoms with van der Waals surface area (Å²) < 4.78 is 21.1. The number of phenolic OH excluding ortho intramolecular Hbond substituents is 3. The predicted octanol–water partition coefficient (Wildman–Crippen LogP) is -0.530. The number of ether oxygens (including phenoxy) is 3. The highest BCUT2D eigenvalue weighted by Gasteiger charge is 2.45. The number of hydrogen-bond donors (Lipinski definition) is 8. The molecule has 1 aromatic heterocycles. The van der Waals surface area contributed by atoms with Crippen LogP contribution in [0.1, 0.15) is 0 Å². The van der Waals surface area contributed by atoms with Crippen molar-refractivity contribution in [2.45, 2.75) is 30.7 Å². The van der Waals surface area contributed by atoms with Crippen molar-refractivity contribution >= 4 is 11.0 Å². The van der Waals surface area contributed by atoms with Gasteiger partial charge in [-0.05, 0) is 18.2 Å². The Kier molecular flexibility index (Phi) is 6.36. The van der Waals surface area contributed by atoms with Crippen molar-refractivity contribution in [3.8, 4) is 45.8 Å². The summed E-state index contributed by atoms with van der Waals surface area (Å²) in [6.07, 6.45) is -7.78. The summed E-state index contributed by atoms with van der Waals surface area (Å²) in [5.74, 6) is -3.85. The van der Waals surface area contributed by atoms with Gasteiger partial charge in [0.25, 0.3) is 0 Å². The van der Waals surface area contributed by atoms with Crippen LogP contribution in [0, 0.1) is 0 Å². The summed E-state index contributed by atoms with van der Waals surface area (Å²) in [6, 6.07) is 4.65. The number of aliphatic hydroxyl groups excluding tert-OH is 4. The second-order valence-corrected chi connectivity index (χ2v) is 7.76. The number of methoxy groups -OCH3 is 1. The van der Waals surface area contributed by atoms with Gasteiger partial charge in [-0.25, -0.2) is 0 Å². The monoisotopic (exact) mass is 494 g/mol. The second kappa shape index (κ2) is 9.13. The van der Waals surface area contributed by atoms with Crippen molar-refractivity contribution in [1.29, 1.82) is 0 Å². The average Bonchev–Trinajstić information content (AvgIpc) is 2.84. The van der Waals surface area contributed by atoms with Gasteiger partial charge < -0.3 is 59.5 Å². The second-order valence-electron chi connectivity index (χ2n) is 7.76. The van der Waals surface area contributed by atoms with E-state index in [0.717, 1.165) is 12.1 Å². The van der Waals surface area contributed by atoms with Crippen LogP contribution in [0.4, 0.5) is 0 Å². The van der Waals surface area contributed by atoms with Gasteiger partial charge in [0.05, 0.1) is 13.7 Å². The van der Waals surface area contributed by atoms with Crippen LogP contribution in [0.5, 0.6) is 34.5 Å². The third-order valence-electron chi connectivity index (χ3n) is 5.60. The molecular formula is C22H22O13. The number of aliphatic hydroxyl groups is 4. The van der Waals surface area contributed by atoms with Crippen molar-refractivity contribution in [1.82, 2.24) is 0 Å². The van der Waals surface area contributed by atoms with E-state index in [1.807, 2.05) is 0 Å². The number of benzene rings is 2. The Morgan fingerprint density at radius 2 is 1.63 bits per heavy atom. The fraction of sp³-hybridized carbons (Fsp3) is 0.318. The lowest BCUT2D eigenvalue weighted by atomic mass is 9.99. The van der Waals surface area contributed by atoms with Crippen LogP contribution in [0.15, 0.2) is 33.5 Å². The largest absolute Gasteiger partial charge is 0.504 e. The van der Waals surface area contributed by atoms with E-state index in [4.69, 9.17) is 18.6 Å². The van der Waals surface area contributed by atoms with Crippen LogP contribution in [0.25, 0.3) is 22.3 Å². The summed E-state index contributed by atoms with van der Waals surface area (Å²) >= 11 is 0. The van der Waals surface area contributed by atoms with Gasteiger partial charge in [-0.3, -0.25) is 4.79 Å². The molecular weight excluding hydrogens is 472 g/mol. The number of aromatic hydroxyl groups is 4. The van der Waals surface area contributed by atoms with Crippen molar-refractivity contribution in [3.05, 3.63) is 34.5 Å². The summed E-state index contributed by atoms with van der Waals surface area (Å²) in [7, 11) is 1.21. The average molecular weight is 494 g/mol. The van der Waals surface area contributed by atoms with Gasteiger partial charge in [0, 0.05) is 11.6 Å². The lowest BCUT2D eigenvalue weighted by Gasteiger charge is -2.39. The lowest BCUT2D eigenvalue weighted by molar-refractivity contribution is -0.277. The fourth-order valence-electron chi connectivity index (χ4n) is 3.69. The van der Waals surface area contributed by atoms with Gasteiger partial charge in [-0.2, -0.15) is 0 Å². The van der Waals surface area contributed by atoms with Gasteiger partial charge in [-0.1, -0.05) is 0 Å². The summed E-state index contributed by atoms with van der Waals surface area (Å²) in [5, 5.41) is 79.5. The molecule has 13 heteroatoms. The zero-order valence-corrected chi connectivity index (χ0v) is 18.0. The molecule has 4 rings (SSSR count). The third-order valence-corrected chi connectivity index (χ3v) is 5.60. The summed E-state index contributed by atoms with van der Waals surface area (Å²) in [6.45, 7) is -0.673. The SMILES string of the molecule is COc1cc2oc(-c3ccc(OC4OC(CO)C(O)C(O)C4O)c(O)c3)c(O)c(=O)c2c(O)c1O. The Balaban J connectivity index is 1.71. The zero-order chi connectivity index (χ0) is 25.6. The molecule has 2 heterocycles. The lowest BCUT2D eigenvalue weighted by Crippen LogP contribution is -2.60. The summed E-state index contributed by atoms with van der Waals surface area (Å²) in [4.78, 5) is 12.6. The smallest absolute Gasteiger partial charge is 0.238 e. The minimum atomic E-state index is -1.71. The topological polar surface area (TPSA) is 220 Å². The van der Waals surface area contributed by atoms with E-state index in [-0.39, 0.29) is 28.4 Å². The highest BCUT2D eigenvalue weighted by atomic mass is 16.7. The van der Waals surface area contributed by atoms with E-state index in [2.05, 4.69) is 0 Å². The van der Waals surface area contributed by atoms with Crippen molar-refractivity contribution in [2.75, 3.05) is 13.7 Å². The van der Waals surface area contributed by atoms with E-state index in [9.17, 15) is 45.6 Å². The number of hydrogen-bond acceptors (Lipinski definition) is 13. The van der Waals surface area contributed by atoms with E-state index in [1.165, 1.54) is 19.2 Å². The molecule has 13 nitrogen and oxygen atoms in total. The van der Waals surface area contributed by atoms with Crippen LogP contribution in [0.2, 0.25) is 0 Å². The van der Waals surface area contributed by atoms with Crippen LogP contribution in [-0.4, -0.2) is 85.3 Å². The first-order valence-corrected chi connectivity index (χ1v) is 10.2. The first kappa shape index (κ1) is 24.4. The predicted molar refractivity (Wildman–Crippen MR) is 116 cm³/mol. The highest BCUT2D eigenvalue weighted by molar-refractivity contribution is 5.91. The van der Waals surface area contributed by atoms with Gasteiger partial charge >= 0.3 is 0 Å². The first-order chi connectivity index (χ1) is 16.6. The number of phenols is 3. The third kappa shape index (κ3) is 4.05. The van der Waals surface area contributed by atoms with E-state index < -0.39 is 71.1 Å². The van der Waals surface area contributed by atoms with Gasteiger partial charge in [-0.15, -0.1) is 0 Å². The minimum absolute atomic E-state index is 0.00619. The molecule has 1 fully saturated rings. The van der Waals surface area contributed by atoms with Crippen molar-refractivity contribution in [3.63, 3.8) is 0 Å². The van der Waals surface area contributed by atoms with Crippen LogP contribution in [0.3, 0.4) is 0 Å². The Hall–Kier alpha value is -3.75. The Morgan fingerprint density at radius 3 is 2.26 bits per heavy atom. The fourth-order valence-corrected chi connectivity index (χ4v) is 3.69. The molecule has 0 aliphatic carbocycles. The maximum absolute atomic E-state index is 12.6. The molecule has 5 atom stereocenters. The molecule has 3 aromatic rings. The highest BCUT2D eigenvalue weighted by Crippen LogP contribution is 2.43.